The van der Waals surface area contributed by atoms with Gasteiger partial charge < -0.3 is 14.8 Å². The summed E-state index contributed by atoms with van der Waals surface area (Å²) in [5.41, 5.74) is 0. The Kier molecular flexibility index (Phi) is 5.61. The zero-order valence-corrected chi connectivity index (χ0v) is 14.4. The van der Waals surface area contributed by atoms with Gasteiger partial charge in [-0.1, -0.05) is 0 Å². The highest BCUT2D eigenvalue weighted by Crippen LogP contribution is 2.29. The monoisotopic (exact) mass is 378 g/mol. The number of likely N-dealkylation sites (N-methyl/N-ethyl adjacent to an activating group) is 1. The molecule has 118 valence electrons. The summed E-state index contributed by atoms with van der Waals surface area (Å²) in [6.45, 7) is 1.75. The molecule has 1 aliphatic heterocycles. The molecule has 1 fully saturated rings. The van der Waals surface area contributed by atoms with E-state index in [1.165, 1.54) is 4.31 Å². The summed E-state index contributed by atoms with van der Waals surface area (Å²) in [6.07, 6.45) is -0.125. The van der Waals surface area contributed by atoms with Gasteiger partial charge in [0.2, 0.25) is 10.0 Å². The smallest absolute Gasteiger partial charge is 0.243 e. The lowest BCUT2D eigenvalue weighted by Gasteiger charge is -2.32. The Hall–Kier alpha value is -0.670. The number of halogens is 1. The summed E-state index contributed by atoms with van der Waals surface area (Å²) < 4.78 is 38.1. The van der Waals surface area contributed by atoms with Crippen LogP contribution < -0.4 is 10.1 Å². The van der Waals surface area contributed by atoms with Crippen LogP contribution in [0.4, 0.5) is 0 Å². The molecule has 1 aliphatic rings. The standard InChI is InChI=1S/C13H19BrN2O4S/c1-15-8-10-9-16(5-6-20-10)21(17,18)11-3-4-13(19-2)12(14)7-11/h3-4,7,10,15H,5-6,8-9H2,1-2H3. The predicted octanol–water partition coefficient (Wildman–Crippen LogP) is 1.07. The van der Waals surface area contributed by atoms with E-state index in [0.29, 0.717) is 36.5 Å². The van der Waals surface area contributed by atoms with Gasteiger partial charge in [0.05, 0.1) is 29.2 Å². The SMILES string of the molecule is CNCC1CN(S(=O)(=O)c2ccc(OC)c(Br)c2)CCO1. The van der Waals surface area contributed by atoms with Gasteiger partial charge in [0.15, 0.2) is 0 Å². The normalized spacial score (nSPS) is 20.4. The Morgan fingerprint density at radius 1 is 1.52 bits per heavy atom. The minimum atomic E-state index is -3.52. The summed E-state index contributed by atoms with van der Waals surface area (Å²) in [6, 6.07) is 4.76. The van der Waals surface area contributed by atoms with Gasteiger partial charge in [0, 0.05) is 19.6 Å². The molecule has 0 amide bonds. The number of hydrogen-bond acceptors (Lipinski definition) is 5. The third-order valence-corrected chi connectivity index (χ3v) is 5.78. The van der Waals surface area contributed by atoms with Crippen molar-refractivity contribution in [2.24, 2.45) is 0 Å². The van der Waals surface area contributed by atoms with E-state index in [9.17, 15) is 8.42 Å². The molecule has 2 rings (SSSR count). The molecule has 0 bridgehead atoms. The van der Waals surface area contributed by atoms with Crippen LogP contribution >= 0.6 is 15.9 Å². The van der Waals surface area contributed by atoms with Crippen LogP contribution in [0.15, 0.2) is 27.6 Å². The van der Waals surface area contributed by atoms with Crippen molar-refractivity contribution in [1.29, 1.82) is 0 Å². The fourth-order valence-corrected chi connectivity index (χ4v) is 4.39. The van der Waals surface area contributed by atoms with Crippen LogP contribution in [0.25, 0.3) is 0 Å². The topological polar surface area (TPSA) is 67.9 Å². The summed E-state index contributed by atoms with van der Waals surface area (Å²) in [7, 11) is -0.164. The first-order valence-electron chi connectivity index (χ1n) is 6.59. The predicted molar refractivity (Wildman–Crippen MR) is 83.1 cm³/mol. The first-order chi connectivity index (χ1) is 9.98. The Balaban J connectivity index is 2.23. The second-order valence-corrected chi connectivity index (χ2v) is 7.50. The van der Waals surface area contributed by atoms with Crippen molar-refractivity contribution in [3.8, 4) is 5.75 Å². The van der Waals surface area contributed by atoms with Gasteiger partial charge >= 0.3 is 0 Å². The van der Waals surface area contributed by atoms with E-state index in [0.717, 1.165) is 0 Å². The largest absolute Gasteiger partial charge is 0.496 e. The van der Waals surface area contributed by atoms with Crippen LogP contribution in [-0.2, 0) is 14.8 Å². The van der Waals surface area contributed by atoms with Crippen molar-refractivity contribution < 1.29 is 17.9 Å². The number of benzene rings is 1. The highest BCUT2D eigenvalue weighted by molar-refractivity contribution is 9.10. The second kappa shape index (κ2) is 7.06. The van der Waals surface area contributed by atoms with E-state index in [4.69, 9.17) is 9.47 Å². The van der Waals surface area contributed by atoms with E-state index in [-0.39, 0.29) is 11.0 Å². The summed E-state index contributed by atoms with van der Waals surface area (Å²) >= 11 is 3.32. The number of sulfonamides is 1. The minimum Gasteiger partial charge on any atom is -0.496 e. The molecule has 21 heavy (non-hydrogen) atoms. The summed E-state index contributed by atoms with van der Waals surface area (Å²) in [5, 5.41) is 3.00. The van der Waals surface area contributed by atoms with Crippen LogP contribution in [-0.4, -0.2) is 59.2 Å². The molecule has 8 heteroatoms. The number of nitrogens with one attached hydrogen (secondary N) is 1. The van der Waals surface area contributed by atoms with Crippen molar-refractivity contribution in [1.82, 2.24) is 9.62 Å². The lowest BCUT2D eigenvalue weighted by molar-refractivity contribution is 0.000822. The number of nitrogens with zero attached hydrogens (tertiary/aromatic N) is 1. The first kappa shape index (κ1) is 16.7. The second-order valence-electron chi connectivity index (χ2n) is 4.71. The van der Waals surface area contributed by atoms with Crippen LogP contribution in [0, 0.1) is 0 Å². The van der Waals surface area contributed by atoms with E-state index < -0.39 is 10.0 Å². The van der Waals surface area contributed by atoms with Gasteiger partial charge in [-0.2, -0.15) is 4.31 Å². The molecule has 1 saturated heterocycles. The Morgan fingerprint density at radius 2 is 2.29 bits per heavy atom. The zero-order valence-electron chi connectivity index (χ0n) is 12.0. The van der Waals surface area contributed by atoms with Crippen LogP contribution in [0.1, 0.15) is 0 Å². The Morgan fingerprint density at radius 3 is 2.90 bits per heavy atom. The molecule has 1 aromatic carbocycles. The van der Waals surface area contributed by atoms with Crippen molar-refractivity contribution in [2.75, 3.05) is 40.4 Å². The lowest BCUT2D eigenvalue weighted by atomic mass is 10.3. The van der Waals surface area contributed by atoms with E-state index in [1.54, 1.807) is 25.3 Å². The molecule has 0 radical (unpaired) electrons. The van der Waals surface area contributed by atoms with Crippen molar-refractivity contribution in [3.05, 3.63) is 22.7 Å². The van der Waals surface area contributed by atoms with Gasteiger partial charge in [0.25, 0.3) is 0 Å². The minimum absolute atomic E-state index is 0.125. The maximum atomic E-state index is 12.7. The highest BCUT2D eigenvalue weighted by Gasteiger charge is 2.30. The number of morpholine rings is 1. The maximum Gasteiger partial charge on any atom is 0.243 e. The number of rotatable bonds is 5. The van der Waals surface area contributed by atoms with Gasteiger partial charge in [0.1, 0.15) is 5.75 Å². The number of ether oxygens (including phenoxy) is 2. The van der Waals surface area contributed by atoms with Gasteiger partial charge in [-0.05, 0) is 41.2 Å². The third kappa shape index (κ3) is 3.75. The quantitative estimate of drug-likeness (QED) is 0.829. The van der Waals surface area contributed by atoms with Crippen molar-refractivity contribution in [3.63, 3.8) is 0 Å². The Bertz CT molecular complexity index is 592. The van der Waals surface area contributed by atoms with Crippen molar-refractivity contribution in [2.45, 2.75) is 11.0 Å². The molecule has 1 N–H and O–H groups in total. The Labute approximate surface area is 133 Å². The average Bonchev–Trinajstić information content (AvgIpc) is 2.48. The van der Waals surface area contributed by atoms with Crippen molar-refractivity contribution >= 4 is 26.0 Å². The molecule has 0 aromatic heterocycles. The molecule has 1 heterocycles. The number of methoxy groups -OCH3 is 1. The molecule has 1 aromatic rings. The van der Waals surface area contributed by atoms with E-state index in [1.807, 2.05) is 7.05 Å². The molecular formula is C13H19BrN2O4S. The molecule has 1 unspecified atom stereocenters. The molecule has 6 nitrogen and oxygen atoms in total. The molecule has 0 saturated carbocycles. The third-order valence-electron chi connectivity index (χ3n) is 3.29. The molecule has 0 aliphatic carbocycles. The molecular weight excluding hydrogens is 360 g/mol. The average molecular weight is 379 g/mol. The summed E-state index contributed by atoms with van der Waals surface area (Å²) in [5.74, 6) is 0.601. The zero-order chi connectivity index (χ0) is 15.5. The van der Waals surface area contributed by atoms with Crippen LogP contribution in [0.5, 0.6) is 5.75 Å². The summed E-state index contributed by atoms with van der Waals surface area (Å²) in [4.78, 5) is 0.250. The van der Waals surface area contributed by atoms with Gasteiger partial charge in [-0.15, -0.1) is 0 Å². The molecule has 0 spiro atoms. The fraction of sp³-hybridized carbons (Fsp3) is 0.538. The van der Waals surface area contributed by atoms with Gasteiger partial charge in [-0.25, -0.2) is 8.42 Å². The number of hydrogen-bond donors (Lipinski definition) is 1. The van der Waals surface area contributed by atoms with E-state index >= 15 is 0 Å². The van der Waals surface area contributed by atoms with Crippen LogP contribution in [0.2, 0.25) is 0 Å². The highest BCUT2D eigenvalue weighted by atomic mass is 79.9. The van der Waals surface area contributed by atoms with E-state index in [2.05, 4.69) is 21.2 Å². The molecule has 1 atom stereocenters. The fourth-order valence-electron chi connectivity index (χ4n) is 2.22. The first-order valence-corrected chi connectivity index (χ1v) is 8.82. The maximum absolute atomic E-state index is 12.7. The van der Waals surface area contributed by atoms with Crippen LogP contribution in [0.3, 0.4) is 0 Å². The van der Waals surface area contributed by atoms with Gasteiger partial charge in [-0.3, -0.25) is 0 Å². The lowest BCUT2D eigenvalue weighted by Crippen LogP contribution is -2.48.